The van der Waals surface area contributed by atoms with Crippen LogP contribution >= 0.6 is 11.6 Å². The molecule has 1 aliphatic rings. The lowest BCUT2D eigenvalue weighted by Gasteiger charge is -2.32. The molecule has 1 N–H and O–H groups in total. The third kappa shape index (κ3) is 3.77. The first-order valence-electron chi connectivity index (χ1n) is 9.46. The van der Waals surface area contributed by atoms with Crippen molar-refractivity contribution >= 4 is 22.4 Å². The molecule has 3 aromatic rings. The van der Waals surface area contributed by atoms with E-state index < -0.39 is 5.82 Å². The van der Waals surface area contributed by atoms with Gasteiger partial charge in [-0.25, -0.2) is 4.39 Å². The van der Waals surface area contributed by atoms with Gasteiger partial charge in [-0.15, -0.1) is 0 Å². The van der Waals surface area contributed by atoms with E-state index in [1.807, 2.05) is 24.3 Å². The summed E-state index contributed by atoms with van der Waals surface area (Å²) in [6.45, 7) is 4.31. The first kappa shape index (κ1) is 19.0. The van der Waals surface area contributed by atoms with Crippen LogP contribution in [0.25, 0.3) is 10.8 Å². The van der Waals surface area contributed by atoms with E-state index in [-0.39, 0.29) is 17.4 Å². The second-order valence-corrected chi connectivity index (χ2v) is 7.69. The maximum atomic E-state index is 15.0. The lowest BCUT2D eigenvalue weighted by Crippen LogP contribution is -2.38. The van der Waals surface area contributed by atoms with Crippen LogP contribution in [-0.2, 0) is 6.54 Å². The number of aromatic nitrogens is 1. The molecular weight excluding hydrogens is 379 g/mol. The highest BCUT2D eigenvalue weighted by Gasteiger charge is 2.23. The molecule has 0 atom stereocenters. The maximum Gasteiger partial charge on any atom is 0.255 e. The Hall–Kier alpha value is -2.37. The Kier molecular flexibility index (Phi) is 5.38. The van der Waals surface area contributed by atoms with Gasteiger partial charge in [-0.1, -0.05) is 29.8 Å². The zero-order valence-electron chi connectivity index (χ0n) is 15.7. The summed E-state index contributed by atoms with van der Waals surface area (Å²) in [5.74, 6) is -0.245. The van der Waals surface area contributed by atoms with Crippen LogP contribution in [0, 0.1) is 12.7 Å². The molecule has 2 heterocycles. The van der Waals surface area contributed by atoms with Crippen LogP contribution in [0.2, 0.25) is 5.02 Å². The average molecular weight is 401 g/mol. The molecule has 0 radical (unpaired) electrons. The number of aryl methyl sites for hydroxylation is 1. The van der Waals surface area contributed by atoms with Crippen LogP contribution in [0.4, 0.5) is 4.39 Å². The van der Waals surface area contributed by atoms with Gasteiger partial charge in [0.15, 0.2) is 11.6 Å². The van der Waals surface area contributed by atoms with Crippen molar-refractivity contribution in [1.82, 2.24) is 9.88 Å². The monoisotopic (exact) mass is 400 g/mol. The number of H-pyrrole nitrogens is 1. The number of benzene rings is 2. The van der Waals surface area contributed by atoms with Gasteiger partial charge < -0.3 is 9.72 Å². The molecule has 28 heavy (non-hydrogen) atoms. The highest BCUT2D eigenvalue weighted by Crippen LogP contribution is 2.29. The topological polar surface area (TPSA) is 45.3 Å². The van der Waals surface area contributed by atoms with Crippen molar-refractivity contribution in [3.05, 3.63) is 74.9 Å². The van der Waals surface area contributed by atoms with E-state index in [0.29, 0.717) is 16.3 Å². The third-order valence-electron chi connectivity index (χ3n) is 5.35. The zero-order chi connectivity index (χ0) is 19.7. The predicted octanol–water partition coefficient (Wildman–Crippen LogP) is 4.67. The fraction of sp³-hybridized carbons (Fsp3) is 0.318. The van der Waals surface area contributed by atoms with Crippen molar-refractivity contribution in [2.24, 2.45) is 0 Å². The molecule has 0 aliphatic carbocycles. The van der Waals surface area contributed by atoms with E-state index in [1.54, 1.807) is 19.1 Å². The molecule has 146 valence electrons. The van der Waals surface area contributed by atoms with Gasteiger partial charge >= 0.3 is 0 Å². The number of ether oxygens (including phenoxy) is 1. The smallest absolute Gasteiger partial charge is 0.255 e. The van der Waals surface area contributed by atoms with E-state index in [2.05, 4.69) is 9.88 Å². The molecule has 0 saturated carbocycles. The van der Waals surface area contributed by atoms with Gasteiger partial charge in [0.05, 0.1) is 5.39 Å². The molecule has 0 spiro atoms. The summed E-state index contributed by atoms with van der Waals surface area (Å²) < 4.78 is 20.9. The van der Waals surface area contributed by atoms with Crippen molar-refractivity contribution in [2.45, 2.75) is 32.4 Å². The summed E-state index contributed by atoms with van der Waals surface area (Å²) in [6.07, 6.45) is 3.12. The van der Waals surface area contributed by atoms with Crippen LogP contribution in [0.15, 0.2) is 47.4 Å². The first-order valence-corrected chi connectivity index (χ1v) is 9.83. The molecule has 0 bridgehead atoms. The Morgan fingerprint density at radius 2 is 1.96 bits per heavy atom. The van der Waals surface area contributed by atoms with Crippen molar-refractivity contribution in [3.8, 4) is 5.75 Å². The summed E-state index contributed by atoms with van der Waals surface area (Å²) in [5, 5.41) is 1.46. The molecule has 1 aromatic heterocycles. The third-order valence-corrected chi connectivity index (χ3v) is 5.71. The first-order chi connectivity index (χ1) is 13.5. The number of hydrogen-bond acceptors (Lipinski definition) is 3. The molecule has 1 aliphatic heterocycles. The Morgan fingerprint density at radius 3 is 2.71 bits per heavy atom. The van der Waals surface area contributed by atoms with Gasteiger partial charge in [-0.3, -0.25) is 9.69 Å². The predicted molar refractivity (Wildman–Crippen MR) is 110 cm³/mol. The number of fused-ring (bicyclic) bond motifs is 1. The highest BCUT2D eigenvalue weighted by molar-refractivity contribution is 6.31. The number of pyridine rings is 1. The molecule has 6 heteroatoms. The van der Waals surface area contributed by atoms with Crippen molar-refractivity contribution < 1.29 is 9.13 Å². The Balaban J connectivity index is 1.44. The normalized spacial score (nSPS) is 15.8. The molecule has 1 saturated heterocycles. The van der Waals surface area contributed by atoms with E-state index in [0.717, 1.165) is 43.1 Å². The van der Waals surface area contributed by atoms with Crippen LogP contribution < -0.4 is 10.3 Å². The minimum absolute atomic E-state index is 0.0447. The summed E-state index contributed by atoms with van der Waals surface area (Å²) in [5.41, 5.74) is 1.51. The molecule has 0 amide bonds. The number of hydrogen-bond donors (Lipinski definition) is 1. The Labute approximate surface area is 167 Å². The van der Waals surface area contributed by atoms with Crippen molar-refractivity contribution in [1.29, 1.82) is 0 Å². The van der Waals surface area contributed by atoms with Crippen molar-refractivity contribution in [3.63, 3.8) is 0 Å². The van der Waals surface area contributed by atoms with Gasteiger partial charge in [-0.05, 0) is 49.1 Å². The van der Waals surface area contributed by atoms with Gasteiger partial charge in [0.1, 0.15) is 6.10 Å². The second-order valence-electron chi connectivity index (χ2n) is 7.29. The summed E-state index contributed by atoms with van der Waals surface area (Å²) in [7, 11) is 0. The molecule has 0 unspecified atom stereocenters. The second kappa shape index (κ2) is 7.94. The number of nitrogens with zero attached hydrogens (tertiary/aromatic N) is 1. The summed E-state index contributed by atoms with van der Waals surface area (Å²) in [6, 6.07) is 11.1. The highest BCUT2D eigenvalue weighted by atomic mass is 35.5. The standard InChI is InChI=1S/C22H22ClFN2O2/c1-14-12-25-22(27)17-6-7-19(21(24)20(14)17)28-16-8-10-26(11-9-16)13-15-4-2-3-5-18(15)23/h2-7,12,16H,8-11,13H2,1H3,(H,25,27). The van der Waals surface area contributed by atoms with Gasteiger partial charge in [0, 0.05) is 36.2 Å². The fourth-order valence-corrected chi connectivity index (χ4v) is 3.97. The molecule has 1 fully saturated rings. The number of nitrogens with one attached hydrogen (secondary N) is 1. The lowest BCUT2D eigenvalue weighted by molar-refractivity contribution is 0.0938. The number of rotatable bonds is 4. The van der Waals surface area contributed by atoms with E-state index >= 15 is 0 Å². The van der Waals surface area contributed by atoms with E-state index in [4.69, 9.17) is 16.3 Å². The van der Waals surface area contributed by atoms with Crippen LogP contribution in [0.5, 0.6) is 5.75 Å². The van der Waals surface area contributed by atoms with E-state index in [9.17, 15) is 9.18 Å². The number of piperidine rings is 1. The van der Waals surface area contributed by atoms with Gasteiger partial charge in [-0.2, -0.15) is 0 Å². The lowest BCUT2D eigenvalue weighted by atomic mass is 10.1. The maximum absolute atomic E-state index is 15.0. The molecule has 2 aromatic carbocycles. The number of likely N-dealkylation sites (tertiary alicyclic amines) is 1. The van der Waals surface area contributed by atoms with Crippen LogP contribution in [0.3, 0.4) is 0 Å². The van der Waals surface area contributed by atoms with E-state index in [1.165, 1.54) is 6.20 Å². The molecule has 4 rings (SSSR count). The minimum Gasteiger partial charge on any atom is -0.487 e. The zero-order valence-corrected chi connectivity index (χ0v) is 16.4. The average Bonchev–Trinajstić information content (AvgIpc) is 2.70. The fourth-order valence-electron chi connectivity index (χ4n) is 3.78. The van der Waals surface area contributed by atoms with Crippen LogP contribution in [0.1, 0.15) is 24.0 Å². The quantitative estimate of drug-likeness (QED) is 0.692. The van der Waals surface area contributed by atoms with Gasteiger partial charge in [0.25, 0.3) is 5.56 Å². The SMILES string of the molecule is Cc1c[nH]c(=O)c2ccc(OC3CCN(Cc4ccccc4Cl)CC3)c(F)c12. The van der Waals surface area contributed by atoms with Gasteiger partial charge in [0.2, 0.25) is 0 Å². The largest absolute Gasteiger partial charge is 0.487 e. The summed E-state index contributed by atoms with van der Waals surface area (Å²) >= 11 is 6.25. The molecule has 4 nitrogen and oxygen atoms in total. The molecular formula is C22H22ClFN2O2. The van der Waals surface area contributed by atoms with Crippen LogP contribution in [-0.4, -0.2) is 29.1 Å². The Bertz CT molecular complexity index is 1060. The Morgan fingerprint density at radius 1 is 1.21 bits per heavy atom. The summed E-state index contributed by atoms with van der Waals surface area (Å²) in [4.78, 5) is 16.9. The minimum atomic E-state index is -0.459. The van der Waals surface area contributed by atoms with Crippen molar-refractivity contribution in [2.75, 3.05) is 13.1 Å². The number of halogens is 2. The number of aromatic amines is 1.